The molecule has 0 bridgehead atoms. The van der Waals surface area contributed by atoms with Gasteiger partial charge in [0, 0.05) is 5.56 Å². The van der Waals surface area contributed by atoms with Crippen molar-refractivity contribution in [3.63, 3.8) is 0 Å². The first-order valence-corrected chi connectivity index (χ1v) is 6.28. The van der Waals surface area contributed by atoms with Crippen LogP contribution in [0.15, 0.2) is 24.3 Å². The molecule has 0 amide bonds. The van der Waals surface area contributed by atoms with Crippen molar-refractivity contribution in [1.82, 2.24) is 14.9 Å². The standard InChI is InChI=1S/C12H14FN3S/c1-3-10-12(17-16-15-10)11(14-2)8-6-4-5-7-9(8)13/h4-7,11,14H,3H2,1-2H3. The van der Waals surface area contributed by atoms with Crippen molar-refractivity contribution >= 4 is 11.5 Å². The second-order valence-corrected chi connectivity index (χ2v) is 4.47. The van der Waals surface area contributed by atoms with Crippen molar-refractivity contribution in [2.45, 2.75) is 19.4 Å². The summed E-state index contributed by atoms with van der Waals surface area (Å²) in [4.78, 5) is 0.986. The van der Waals surface area contributed by atoms with Crippen LogP contribution < -0.4 is 5.32 Å². The maximum absolute atomic E-state index is 13.8. The number of aryl methyl sites for hydroxylation is 1. The van der Waals surface area contributed by atoms with E-state index in [0.29, 0.717) is 5.56 Å². The van der Waals surface area contributed by atoms with Crippen LogP contribution in [0.1, 0.15) is 29.1 Å². The highest BCUT2D eigenvalue weighted by molar-refractivity contribution is 7.05. The first-order chi connectivity index (χ1) is 8.27. The van der Waals surface area contributed by atoms with E-state index in [4.69, 9.17) is 0 Å². The second kappa shape index (κ2) is 5.33. The van der Waals surface area contributed by atoms with Gasteiger partial charge in [-0.25, -0.2) is 4.39 Å². The Labute approximate surface area is 104 Å². The molecule has 3 nitrogen and oxygen atoms in total. The first kappa shape index (κ1) is 12.1. The molecule has 0 fully saturated rings. The molecule has 1 aromatic carbocycles. The van der Waals surface area contributed by atoms with Gasteiger partial charge in [0.15, 0.2) is 0 Å². The van der Waals surface area contributed by atoms with Crippen LogP contribution in [0.25, 0.3) is 0 Å². The van der Waals surface area contributed by atoms with Gasteiger partial charge in [0.2, 0.25) is 0 Å². The smallest absolute Gasteiger partial charge is 0.128 e. The highest BCUT2D eigenvalue weighted by Gasteiger charge is 2.21. The molecular weight excluding hydrogens is 237 g/mol. The molecule has 0 saturated heterocycles. The Bertz CT molecular complexity index is 498. The molecule has 2 aromatic rings. The molecule has 0 radical (unpaired) electrons. The Kier molecular flexibility index (Phi) is 3.81. The number of benzene rings is 1. The molecule has 0 spiro atoms. The lowest BCUT2D eigenvalue weighted by atomic mass is 10.0. The minimum Gasteiger partial charge on any atom is -0.308 e. The van der Waals surface area contributed by atoms with E-state index in [-0.39, 0.29) is 11.9 Å². The molecule has 1 N–H and O–H groups in total. The topological polar surface area (TPSA) is 37.8 Å². The number of nitrogens with one attached hydrogen (secondary N) is 1. The summed E-state index contributed by atoms with van der Waals surface area (Å²) in [5, 5.41) is 7.19. The number of nitrogens with zero attached hydrogens (tertiary/aromatic N) is 2. The lowest BCUT2D eigenvalue weighted by molar-refractivity contribution is 0.577. The summed E-state index contributed by atoms with van der Waals surface area (Å²) < 4.78 is 17.7. The van der Waals surface area contributed by atoms with Crippen molar-refractivity contribution in [1.29, 1.82) is 0 Å². The van der Waals surface area contributed by atoms with Gasteiger partial charge in [-0.1, -0.05) is 29.6 Å². The van der Waals surface area contributed by atoms with Gasteiger partial charge >= 0.3 is 0 Å². The zero-order chi connectivity index (χ0) is 12.3. The molecule has 0 aliphatic carbocycles. The van der Waals surface area contributed by atoms with Crippen LogP contribution >= 0.6 is 11.5 Å². The third-order valence-corrected chi connectivity index (χ3v) is 3.52. The monoisotopic (exact) mass is 251 g/mol. The lowest BCUT2D eigenvalue weighted by Crippen LogP contribution is -2.19. The van der Waals surface area contributed by atoms with Gasteiger partial charge < -0.3 is 5.32 Å². The molecule has 1 atom stereocenters. The molecule has 90 valence electrons. The number of hydrogen-bond donors (Lipinski definition) is 1. The first-order valence-electron chi connectivity index (χ1n) is 5.50. The summed E-state index contributed by atoms with van der Waals surface area (Å²) in [6.07, 6.45) is 0.804. The van der Waals surface area contributed by atoms with E-state index in [1.54, 1.807) is 12.1 Å². The predicted octanol–water partition coefficient (Wildman–Crippen LogP) is 2.55. The third kappa shape index (κ3) is 2.35. The quantitative estimate of drug-likeness (QED) is 0.907. The Hall–Kier alpha value is -1.33. The molecule has 1 aromatic heterocycles. The fourth-order valence-corrected chi connectivity index (χ4v) is 2.69. The fraction of sp³-hybridized carbons (Fsp3) is 0.333. The second-order valence-electron chi connectivity index (χ2n) is 3.68. The fourth-order valence-electron chi connectivity index (χ4n) is 1.82. The summed E-state index contributed by atoms with van der Waals surface area (Å²) in [5.74, 6) is -0.206. The van der Waals surface area contributed by atoms with E-state index >= 15 is 0 Å². The van der Waals surface area contributed by atoms with Crippen LogP contribution in [-0.2, 0) is 6.42 Å². The summed E-state index contributed by atoms with van der Waals surface area (Å²) in [5.41, 5.74) is 1.56. The van der Waals surface area contributed by atoms with Gasteiger partial charge in [0.25, 0.3) is 0 Å². The Balaban J connectivity index is 2.44. The molecule has 0 saturated carbocycles. The summed E-state index contributed by atoms with van der Waals surface area (Å²) in [7, 11) is 1.82. The zero-order valence-corrected chi connectivity index (χ0v) is 10.6. The maximum Gasteiger partial charge on any atom is 0.128 e. The SMILES string of the molecule is CCc1nnsc1C(NC)c1ccccc1F. The van der Waals surface area contributed by atoms with Crippen LogP contribution in [0, 0.1) is 5.82 Å². The molecule has 2 rings (SSSR count). The van der Waals surface area contributed by atoms with Crippen molar-refractivity contribution in [2.75, 3.05) is 7.05 Å². The number of hydrogen-bond acceptors (Lipinski definition) is 4. The van der Waals surface area contributed by atoms with Crippen molar-refractivity contribution < 1.29 is 4.39 Å². The van der Waals surface area contributed by atoms with Crippen LogP contribution in [0.2, 0.25) is 0 Å². The van der Waals surface area contributed by atoms with Crippen LogP contribution in [0.5, 0.6) is 0 Å². The molecule has 17 heavy (non-hydrogen) atoms. The molecule has 0 aliphatic rings. The van der Waals surface area contributed by atoms with Gasteiger partial charge in [0.05, 0.1) is 16.6 Å². The zero-order valence-electron chi connectivity index (χ0n) is 9.77. The van der Waals surface area contributed by atoms with E-state index in [0.717, 1.165) is 17.0 Å². The summed E-state index contributed by atoms with van der Waals surface area (Å²) in [6, 6.07) is 6.61. The van der Waals surface area contributed by atoms with Gasteiger partial charge in [-0.15, -0.1) is 5.10 Å². The van der Waals surface area contributed by atoms with Gasteiger partial charge in [-0.05, 0) is 31.1 Å². The highest BCUT2D eigenvalue weighted by Crippen LogP contribution is 2.28. The van der Waals surface area contributed by atoms with E-state index < -0.39 is 0 Å². The van der Waals surface area contributed by atoms with Crippen molar-refractivity contribution in [2.24, 2.45) is 0 Å². The summed E-state index contributed by atoms with van der Waals surface area (Å²) in [6.45, 7) is 2.02. The molecule has 1 heterocycles. The molecule has 1 unspecified atom stereocenters. The van der Waals surface area contributed by atoms with Crippen molar-refractivity contribution in [3.05, 3.63) is 46.2 Å². The minimum atomic E-state index is -0.206. The summed E-state index contributed by atoms with van der Waals surface area (Å²) >= 11 is 1.32. The minimum absolute atomic E-state index is 0.175. The normalized spacial score (nSPS) is 12.6. The van der Waals surface area contributed by atoms with E-state index in [1.165, 1.54) is 17.6 Å². The van der Waals surface area contributed by atoms with E-state index in [9.17, 15) is 4.39 Å². The van der Waals surface area contributed by atoms with E-state index in [2.05, 4.69) is 14.9 Å². The molecule has 0 aliphatic heterocycles. The van der Waals surface area contributed by atoms with Gasteiger partial charge in [-0.2, -0.15) is 0 Å². The average Bonchev–Trinajstić information content (AvgIpc) is 2.81. The highest BCUT2D eigenvalue weighted by atomic mass is 32.1. The average molecular weight is 251 g/mol. The van der Waals surface area contributed by atoms with Crippen LogP contribution in [0.4, 0.5) is 4.39 Å². The largest absolute Gasteiger partial charge is 0.308 e. The van der Waals surface area contributed by atoms with Crippen molar-refractivity contribution in [3.8, 4) is 0 Å². The van der Waals surface area contributed by atoms with Gasteiger partial charge in [-0.3, -0.25) is 0 Å². The number of aromatic nitrogens is 2. The van der Waals surface area contributed by atoms with E-state index in [1.807, 2.05) is 20.0 Å². The predicted molar refractivity (Wildman–Crippen MR) is 66.6 cm³/mol. The maximum atomic E-state index is 13.8. The van der Waals surface area contributed by atoms with Crippen LogP contribution in [-0.4, -0.2) is 16.6 Å². The molecular formula is C12H14FN3S. The Morgan fingerprint density at radius 1 is 1.41 bits per heavy atom. The third-order valence-electron chi connectivity index (χ3n) is 2.69. The number of halogens is 1. The Morgan fingerprint density at radius 2 is 2.18 bits per heavy atom. The van der Waals surface area contributed by atoms with Gasteiger partial charge in [0.1, 0.15) is 5.82 Å². The lowest BCUT2D eigenvalue weighted by Gasteiger charge is -2.16. The molecule has 5 heteroatoms. The Morgan fingerprint density at radius 3 is 2.82 bits per heavy atom. The van der Waals surface area contributed by atoms with Crippen LogP contribution in [0.3, 0.4) is 0 Å². The number of rotatable bonds is 4.